The van der Waals surface area contributed by atoms with E-state index < -0.39 is 0 Å². The Labute approximate surface area is 147 Å². The van der Waals surface area contributed by atoms with Crippen LogP contribution in [0.2, 0.25) is 0 Å². The Kier molecular flexibility index (Phi) is 3.89. The van der Waals surface area contributed by atoms with Crippen LogP contribution in [0.5, 0.6) is 0 Å². The van der Waals surface area contributed by atoms with Crippen molar-refractivity contribution in [1.29, 1.82) is 5.26 Å². The van der Waals surface area contributed by atoms with Crippen molar-refractivity contribution in [1.82, 2.24) is 10.3 Å². The van der Waals surface area contributed by atoms with Crippen molar-refractivity contribution in [3.8, 4) is 6.07 Å². The molecule has 1 N–H and O–H groups in total. The van der Waals surface area contributed by atoms with E-state index in [0.29, 0.717) is 5.69 Å². The fourth-order valence-corrected chi connectivity index (χ4v) is 3.99. The first-order valence-electron chi connectivity index (χ1n) is 8.68. The predicted molar refractivity (Wildman–Crippen MR) is 95.1 cm³/mol. The molecule has 1 aromatic heterocycles. The molecule has 1 amide bonds. The standard InChI is InChI=1S/C20H20N4O/c21-14-16-7-4-8-18(22-16)24-11-9-20(10-12-24)13-17(19(25)23-20)15-5-2-1-3-6-15/h1-8,17H,9-13H2,(H,23,25)/t17-/m1/s1. The van der Waals surface area contributed by atoms with Crippen molar-refractivity contribution < 1.29 is 4.79 Å². The second kappa shape index (κ2) is 6.21. The molecule has 25 heavy (non-hydrogen) atoms. The van der Waals surface area contributed by atoms with Crippen LogP contribution < -0.4 is 10.2 Å². The molecule has 126 valence electrons. The highest BCUT2D eigenvalue weighted by atomic mass is 16.2. The fourth-order valence-electron chi connectivity index (χ4n) is 3.99. The molecule has 5 heteroatoms. The van der Waals surface area contributed by atoms with E-state index in [4.69, 9.17) is 5.26 Å². The molecule has 2 fully saturated rings. The lowest BCUT2D eigenvalue weighted by Gasteiger charge is -2.39. The monoisotopic (exact) mass is 332 g/mol. The fraction of sp³-hybridized carbons (Fsp3) is 0.350. The molecule has 0 bridgehead atoms. The van der Waals surface area contributed by atoms with Gasteiger partial charge in [0, 0.05) is 18.6 Å². The Bertz CT molecular complexity index is 819. The number of benzene rings is 1. The zero-order valence-corrected chi connectivity index (χ0v) is 14.0. The van der Waals surface area contributed by atoms with Crippen LogP contribution in [0.3, 0.4) is 0 Å². The SMILES string of the molecule is N#Cc1cccc(N2CCC3(CC2)C[C@H](c2ccccc2)C(=O)N3)n1. The van der Waals surface area contributed by atoms with E-state index in [1.165, 1.54) is 0 Å². The smallest absolute Gasteiger partial charge is 0.228 e. The molecule has 1 atom stereocenters. The molecular weight excluding hydrogens is 312 g/mol. The molecule has 0 saturated carbocycles. The summed E-state index contributed by atoms with van der Waals surface area (Å²) >= 11 is 0. The molecule has 2 aromatic rings. The van der Waals surface area contributed by atoms with E-state index in [1.807, 2.05) is 42.5 Å². The van der Waals surface area contributed by atoms with Crippen molar-refractivity contribution in [3.63, 3.8) is 0 Å². The summed E-state index contributed by atoms with van der Waals surface area (Å²) in [5, 5.41) is 12.3. The Morgan fingerprint density at radius 3 is 2.60 bits per heavy atom. The van der Waals surface area contributed by atoms with Crippen LogP contribution in [0, 0.1) is 11.3 Å². The number of anilines is 1. The van der Waals surface area contributed by atoms with Gasteiger partial charge in [-0.3, -0.25) is 4.79 Å². The van der Waals surface area contributed by atoms with Gasteiger partial charge in [0.25, 0.3) is 0 Å². The summed E-state index contributed by atoms with van der Waals surface area (Å²) in [5.41, 5.74) is 1.43. The Morgan fingerprint density at radius 2 is 1.88 bits per heavy atom. The van der Waals surface area contributed by atoms with E-state index in [-0.39, 0.29) is 17.4 Å². The minimum atomic E-state index is -0.110. The zero-order chi connectivity index (χ0) is 17.3. The largest absolute Gasteiger partial charge is 0.356 e. The highest BCUT2D eigenvalue weighted by Crippen LogP contribution is 2.39. The lowest BCUT2D eigenvalue weighted by Crippen LogP contribution is -2.51. The zero-order valence-electron chi connectivity index (χ0n) is 14.0. The van der Waals surface area contributed by atoms with E-state index in [2.05, 4.69) is 21.3 Å². The molecule has 0 radical (unpaired) electrons. The summed E-state index contributed by atoms with van der Waals surface area (Å²) in [6.45, 7) is 1.67. The van der Waals surface area contributed by atoms with Gasteiger partial charge in [-0.25, -0.2) is 4.98 Å². The lowest BCUT2D eigenvalue weighted by molar-refractivity contribution is -0.121. The third kappa shape index (κ3) is 2.96. The topological polar surface area (TPSA) is 69.0 Å². The molecule has 4 rings (SSSR count). The van der Waals surface area contributed by atoms with Gasteiger partial charge in [-0.1, -0.05) is 36.4 Å². The Balaban J connectivity index is 1.46. The number of rotatable bonds is 2. The van der Waals surface area contributed by atoms with Crippen molar-refractivity contribution in [2.75, 3.05) is 18.0 Å². The van der Waals surface area contributed by atoms with Gasteiger partial charge in [0.2, 0.25) is 5.91 Å². The Morgan fingerprint density at radius 1 is 1.12 bits per heavy atom. The summed E-state index contributed by atoms with van der Waals surface area (Å²) < 4.78 is 0. The maximum Gasteiger partial charge on any atom is 0.228 e. The minimum Gasteiger partial charge on any atom is -0.356 e. The quantitative estimate of drug-likeness (QED) is 0.918. The van der Waals surface area contributed by atoms with Gasteiger partial charge in [0.05, 0.1) is 5.92 Å². The van der Waals surface area contributed by atoms with Crippen LogP contribution in [-0.2, 0) is 4.79 Å². The molecule has 0 unspecified atom stereocenters. The van der Waals surface area contributed by atoms with E-state index in [0.717, 1.165) is 43.7 Å². The number of aromatic nitrogens is 1. The third-order valence-corrected chi connectivity index (χ3v) is 5.40. The second-order valence-electron chi connectivity index (χ2n) is 6.92. The molecule has 1 spiro atoms. The van der Waals surface area contributed by atoms with Gasteiger partial charge in [-0.05, 0) is 37.0 Å². The van der Waals surface area contributed by atoms with E-state index in [9.17, 15) is 4.79 Å². The number of nitrogens with zero attached hydrogens (tertiary/aromatic N) is 3. The number of pyridine rings is 1. The van der Waals surface area contributed by atoms with E-state index in [1.54, 1.807) is 6.07 Å². The average Bonchev–Trinajstić information content (AvgIpc) is 2.99. The number of carbonyl (C=O) groups excluding carboxylic acids is 1. The van der Waals surface area contributed by atoms with Crippen LogP contribution in [0.4, 0.5) is 5.82 Å². The van der Waals surface area contributed by atoms with Gasteiger partial charge < -0.3 is 10.2 Å². The number of hydrogen-bond acceptors (Lipinski definition) is 4. The number of piperidine rings is 1. The summed E-state index contributed by atoms with van der Waals surface area (Å²) in [5.74, 6) is 0.940. The van der Waals surface area contributed by atoms with Crippen LogP contribution in [0.1, 0.15) is 36.4 Å². The molecule has 0 aliphatic carbocycles. The maximum absolute atomic E-state index is 12.5. The second-order valence-corrected chi connectivity index (χ2v) is 6.92. The molecular formula is C20H20N4O. The number of carbonyl (C=O) groups is 1. The number of hydrogen-bond donors (Lipinski definition) is 1. The summed E-state index contributed by atoms with van der Waals surface area (Å²) in [6.07, 6.45) is 2.66. The number of nitrogens with one attached hydrogen (secondary N) is 1. The van der Waals surface area contributed by atoms with Gasteiger partial charge in [-0.2, -0.15) is 5.26 Å². The first-order valence-corrected chi connectivity index (χ1v) is 8.68. The van der Waals surface area contributed by atoms with Crippen LogP contribution in [0.25, 0.3) is 0 Å². The molecule has 2 aliphatic rings. The van der Waals surface area contributed by atoms with Crippen LogP contribution in [0.15, 0.2) is 48.5 Å². The summed E-state index contributed by atoms with van der Waals surface area (Å²) in [4.78, 5) is 19.1. The average molecular weight is 332 g/mol. The third-order valence-electron chi connectivity index (χ3n) is 5.40. The van der Waals surface area contributed by atoms with Crippen molar-refractivity contribution in [2.45, 2.75) is 30.7 Å². The summed E-state index contributed by atoms with van der Waals surface area (Å²) in [6, 6.07) is 17.7. The number of amides is 1. The lowest BCUT2D eigenvalue weighted by atomic mass is 9.82. The van der Waals surface area contributed by atoms with Gasteiger partial charge in [0.1, 0.15) is 17.6 Å². The normalized spacial score (nSPS) is 21.8. The van der Waals surface area contributed by atoms with Gasteiger partial charge in [-0.15, -0.1) is 0 Å². The molecule has 2 aliphatic heterocycles. The van der Waals surface area contributed by atoms with Gasteiger partial charge >= 0.3 is 0 Å². The first kappa shape index (κ1) is 15.6. The Hall–Kier alpha value is -2.87. The maximum atomic E-state index is 12.5. The first-order chi connectivity index (χ1) is 12.2. The van der Waals surface area contributed by atoms with E-state index >= 15 is 0 Å². The predicted octanol–water partition coefficient (Wildman–Crippen LogP) is 2.60. The van der Waals surface area contributed by atoms with Crippen molar-refractivity contribution in [3.05, 3.63) is 59.8 Å². The molecule has 5 nitrogen and oxygen atoms in total. The van der Waals surface area contributed by atoms with Gasteiger partial charge in [0.15, 0.2) is 0 Å². The van der Waals surface area contributed by atoms with Crippen LogP contribution >= 0.6 is 0 Å². The number of nitriles is 1. The molecule has 1 aromatic carbocycles. The van der Waals surface area contributed by atoms with Crippen molar-refractivity contribution in [2.24, 2.45) is 0 Å². The molecule has 2 saturated heterocycles. The summed E-state index contributed by atoms with van der Waals surface area (Å²) in [7, 11) is 0. The molecule has 3 heterocycles. The minimum absolute atomic E-state index is 0.0483. The highest BCUT2D eigenvalue weighted by Gasteiger charge is 2.46. The highest BCUT2D eigenvalue weighted by molar-refractivity contribution is 5.87. The van der Waals surface area contributed by atoms with Crippen LogP contribution in [-0.4, -0.2) is 29.5 Å². The van der Waals surface area contributed by atoms with Crippen molar-refractivity contribution >= 4 is 11.7 Å².